The van der Waals surface area contributed by atoms with E-state index in [1.54, 1.807) is 62.4 Å². The zero-order valence-electron chi connectivity index (χ0n) is 18.9. The molecule has 1 fully saturated rings. The number of ether oxygens (including phenoxy) is 2. The highest BCUT2D eigenvalue weighted by Gasteiger charge is 2.79. The molecule has 0 amide bonds. The molecule has 0 spiro atoms. The number of esters is 1. The van der Waals surface area contributed by atoms with E-state index in [0.717, 1.165) is 0 Å². The first-order chi connectivity index (χ1) is 16.4. The van der Waals surface area contributed by atoms with Crippen LogP contribution in [-0.2, 0) is 14.3 Å². The smallest absolute Gasteiger partial charge is 0.392 e. The summed E-state index contributed by atoms with van der Waals surface area (Å²) in [4.78, 5) is 24.3. The number of benzene rings is 2. The maximum atomic E-state index is 12.5. The minimum atomic E-state index is -4.48. The van der Waals surface area contributed by atoms with E-state index in [2.05, 4.69) is 22.6 Å². The zero-order chi connectivity index (χ0) is 25.9. The van der Waals surface area contributed by atoms with Crippen molar-refractivity contribution < 1.29 is 37.3 Å². The highest BCUT2D eigenvalue weighted by molar-refractivity contribution is 5.90. The lowest BCUT2D eigenvalue weighted by atomic mass is 9.78. The van der Waals surface area contributed by atoms with E-state index in [9.17, 15) is 33.1 Å². The second-order valence-electron chi connectivity index (χ2n) is 8.65. The fourth-order valence-corrected chi connectivity index (χ4v) is 4.40. The molecule has 2 aromatic rings. The molecule has 6 nitrogen and oxygen atoms in total. The number of para-hydroxylation sites is 1. The summed E-state index contributed by atoms with van der Waals surface area (Å²) in [6, 6.07) is 17.5. The lowest BCUT2D eigenvalue weighted by Crippen LogP contribution is -2.28. The standard InChI is InChI=1S/C26H22F3NO5/c1-24(2)21(11-12-22(31)34-14-13-25(27,28)29)26(24,23(32)33)20(16-30)17-7-6-10-19(15-17)35-18-8-4-3-5-9-18/h3-10,15,20-21H,13-14H2,1-2H3,(H,32,33)/t20?,21-,26+/m0/s1. The van der Waals surface area contributed by atoms with Gasteiger partial charge in [0.1, 0.15) is 23.5 Å². The second-order valence-corrected chi connectivity index (χ2v) is 8.65. The number of carbonyl (C=O) groups excluding carboxylic acids is 1. The third kappa shape index (κ3) is 5.25. The Morgan fingerprint density at radius 2 is 1.77 bits per heavy atom. The van der Waals surface area contributed by atoms with Crippen molar-refractivity contribution in [1.29, 1.82) is 5.26 Å². The summed E-state index contributed by atoms with van der Waals surface area (Å²) < 4.78 is 47.0. The first-order valence-electron chi connectivity index (χ1n) is 10.6. The zero-order valence-corrected chi connectivity index (χ0v) is 18.9. The molecular weight excluding hydrogens is 463 g/mol. The van der Waals surface area contributed by atoms with Gasteiger partial charge in [-0.15, -0.1) is 0 Å². The lowest BCUT2D eigenvalue weighted by Gasteiger charge is -2.22. The Bertz CT molecular complexity index is 1210. The van der Waals surface area contributed by atoms with Crippen molar-refractivity contribution in [3.05, 3.63) is 60.2 Å². The molecule has 0 heterocycles. The number of rotatable bonds is 7. The number of hydrogen-bond acceptors (Lipinski definition) is 5. The fraction of sp³-hybridized carbons (Fsp3) is 0.346. The Labute approximate surface area is 200 Å². The molecular formula is C26H22F3NO5. The van der Waals surface area contributed by atoms with E-state index in [4.69, 9.17) is 4.74 Å². The molecule has 1 saturated carbocycles. The fourth-order valence-electron chi connectivity index (χ4n) is 4.40. The normalized spacial score (nSPS) is 21.0. The van der Waals surface area contributed by atoms with Crippen molar-refractivity contribution in [1.82, 2.24) is 0 Å². The number of carboxylic acids is 1. The topological polar surface area (TPSA) is 96.6 Å². The van der Waals surface area contributed by atoms with Crippen LogP contribution in [0.15, 0.2) is 54.6 Å². The van der Waals surface area contributed by atoms with E-state index in [1.165, 1.54) is 0 Å². The van der Waals surface area contributed by atoms with Crippen LogP contribution in [-0.4, -0.2) is 29.8 Å². The summed E-state index contributed by atoms with van der Waals surface area (Å²) in [5.74, 6) is 1.07. The average molecular weight is 485 g/mol. The van der Waals surface area contributed by atoms with E-state index in [1.807, 2.05) is 6.07 Å². The molecule has 0 saturated heterocycles. The molecule has 1 unspecified atom stereocenters. The molecule has 9 heteroatoms. The van der Waals surface area contributed by atoms with Crippen molar-refractivity contribution in [2.24, 2.45) is 16.7 Å². The number of carbonyl (C=O) groups is 2. The molecule has 0 aliphatic heterocycles. The van der Waals surface area contributed by atoms with Crippen LogP contribution in [0.3, 0.4) is 0 Å². The van der Waals surface area contributed by atoms with Gasteiger partial charge in [-0.3, -0.25) is 4.79 Å². The summed E-state index contributed by atoms with van der Waals surface area (Å²) in [5.41, 5.74) is -2.28. The molecule has 35 heavy (non-hydrogen) atoms. The van der Waals surface area contributed by atoms with Gasteiger partial charge in [0.25, 0.3) is 0 Å². The van der Waals surface area contributed by atoms with Gasteiger partial charge in [0.2, 0.25) is 0 Å². The Morgan fingerprint density at radius 1 is 1.11 bits per heavy atom. The molecule has 1 aliphatic rings. The van der Waals surface area contributed by atoms with Crippen molar-refractivity contribution in [2.75, 3.05) is 6.61 Å². The minimum Gasteiger partial charge on any atom is -0.481 e. The highest BCUT2D eigenvalue weighted by Crippen LogP contribution is 2.74. The summed E-state index contributed by atoms with van der Waals surface area (Å²) >= 11 is 0. The van der Waals surface area contributed by atoms with Gasteiger partial charge in [-0.05, 0) is 35.2 Å². The maximum Gasteiger partial charge on any atom is 0.392 e. The summed E-state index contributed by atoms with van der Waals surface area (Å²) in [6.07, 6.45) is -5.80. The van der Waals surface area contributed by atoms with Gasteiger partial charge < -0.3 is 14.6 Å². The third-order valence-corrected chi connectivity index (χ3v) is 6.21. The van der Waals surface area contributed by atoms with Crippen LogP contribution >= 0.6 is 0 Å². The molecule has 0 bridgehead atoms. The molecule has 182 valence electrons. The highest BCUT2D eigenvalue weighted by atomic mass is 19.4. The first-order valence-corrected chi connectivity index (χ1v) is 10.6. The number of aliphatic carboxylic acids is 1. The van der Waals surface area contributed by atoms with E-state index < -0.39 is 53.8 Å². The molecule has 2 aromatic carbocycles. The number of nitriles is 1. The Morgan fingerprint density at radius 3 is 2.37 bits per heavy atom. The van der Waals surface area contributed by atoms with E-state index >= 15 is 0 Å². The van der Waals surface area contributed by atoms with E-state index in [-0.39, 0.29) is 0 Å². The van der Waals surface area contributed by atoms with Crippen molar-refractivity contribution >= 4 is 11.9 Å². The molecule has 3 rings (SSSR count). The molecule has 0 aromatic heterocycles. The van der Waals surface area contributed by atoms with Gasteiger partial charge in [-0.1, -0.05) is 50.1 Å². The van der Waals surface area contributed by atoms with Crippen LogP contribution in [0.25, 0.3) is 0 Å². The molecule has 1 N–H and O–H groups in total. The van der Waals surface area contributed by atoms with Gasteiger partial charge in [0.15, 0.2) is 0 Å². The first kappa shape index (κ1) is 25.6. The van der Waals surface area contributed by atoms with Crippen LogP contribution < -0.4 is 4.74 Å². The molecule has 1 aliphatic carbocycles. The number of hydrogen-bond donors (Lipinski definition) is 1. The number of nitrogens with zero attached hydrogens (tertiary/aromatic N) is 1. The van der Waals surface area contributed by atoms with Crippen molar-refractivity contribution in [2.45, 2.75) is 32.4 Å². The van der Waals surface area contributed by atoms with Gasteiger partial charge >= 0.3 is 18.1 Å². The summed E-state index contributed by atoms with van der Waals surface area (Å²) in [6.45, 7) is 2.35. The van der Waals surface area contributed by atoms with Crippen LogP contribution in [0.5, 0.6) is 11.5 Å². The predicted molar refractivity (Wildman–Crippen MR) is 118 cm³/mol. The van der Waals surface area contributed by atoms with Crippen molar-refractivity contribution in [3.8, 4) is 29.4 Å². The monoisotopic (exact) mass is 485 g/mol. The largest absolute Gasteiger partial charge is 0.481 e. The Balaban J connectivity index is 1.86. The average Bonchev–Trinajstić information content (AvgIpc) is 3.28. The number of halogens is 3. The molecule has 3 atom stereocenters. The van der Waals surface area contributed by atoms with Gasteiger partial charge in [0.05, 0.1) is 18.4 Å². The SMILES string of the molecule is CC1(C)[C@H](C#CC(=O)OCCC(F)(F)F)[C@@]1(C(=O)O)C(C#N)c1cccc(Oc2ccccc2)c1. The second kappa shape index (κ2) is 9.71. The van der Waals surface area contributed by atoms with Crippen LogP contribution in [0.4, 0.5) is 13.2 Å². The predicted octanol–water partition coefficient (Wildman–Crippen LogP) is 5.31. The van der Waals surface area contributed by atoms with Gasteiger partial charge in [-0.25, -0.2) is 4.79 Å². The third-order valence-electron chi connectivity index (χ3n) is 6.21. The minimum absolute atomic E-state index is 0.397. The number of carboxylic acid groups (broad SMARTS) is 1. The number of alkyl halides is 3. The lowest BCUT2D eigenvalue weighted by molar-refractivity contribution is -0.155. The summed E-state index contributed by atoms with van der Waals surface area (Å²) in [5, 5.41) is 20.2. The Hall–Kier alpha value is -3.98. The van der Waals surface area contributed by atoms with Gasteiger partial charge in [0, 0.05) is 11.8 Å². The van der Waals surface area contributed by atoms with Gasteiger partial charge in [-0.2, -0.15) is 18.4 Å². The maximum absolute atomic E-state index is 12.5. The van der Waals surface area contributed by atoms with Crippen LogP contribution in [0, 0.1) is 39.9 Å². The van der Waals surface area contributed by atoms with E-state index in [0.29, 0.717) is 17.1 Å². The Kier molecular flexibility index (Phi) is 7.11. The van der Waals surface area contributed by atoms with Crippen molar-refractivity contribution in [3.63, 3.8) is 0 Å². The van der Waals surface area contributed by atoms with Crippen LogP contribution in [0.2, 0.25) is 0 Å². The molecule has 0 radical (unpaired) electrons. The quantitative estimate of drug-likeness (QED) is 0.324. The summed E-state index contributed by atoms with van der Waals surface area (Å²) in [7, 11) is 0. The van der Waals surface area contributed by atoms with Crippen LogP contribution in [0.1, 0.15) is 31.7 Å².